The number of rotatable bonds is 6. The molecule has 1 amide bonds. The summed E-state index contributed by atoms with van der Waals surface area (Å²) >= 11 is 0. The van der Waals surface area contributed by atoms with E-state index in [0.717, 1.165) is 46.8 Å². The zero-order chi connectivity index (χ0) is 24.2. The Morgan fingerprint density at radius 2 is 1.61 bits per heavy atom. The maximum absolute atomic E-state index is 13.4. The first-order chi connectivity index (χ1) is 15.5. The van der Waals surface area contributed by atoms with Gasteiger partial charge in [0.15, 0.2) is 0 Å². The zero-order valence-electron chi connectivity index (χ0n) is 20.3. The van der Waals surface area contributed by atoms with Crippen molar-refractivity contribution in [1.29, 1.82) is 0 Å². The van der Waals surface area contributed by atoms with Gasteiger partial charge in [0.2, 0.25) is 0 Å². The fourth-order valence-corrected chi connectivity index (χ4v) is 5.79. The van der Waals surface area contributed by atoms with Gasteiger partial charge in [0.25, 0.3) is 15.9 Å². The molecule has 1 saturated carbocycles. The first-order valence-corrected chi connectivity index (χ1v) is 12.9. The van der Waals surface area contributed by atoms with E-state index in [1.165, 1.54) is 12.1 Å². The fourth-order valence-electron chi connectivity index (χ4n) is 4.37. The van der Waals surface area contributed by atoms with E-state index in [9.17, 15) is 13.2 Å². The van der Waals surface area contributed by atoms with Crippen molar-refractivity contribution in [2.45, 2.75) is 65.2 Å². The van der Waals surface area contributed by atoms with Crippen LogP contribution in [0.2, 0.25) is 0 Å². The largest absolute Gasteiger partial charge is 0.271 e. The number of aryl methyl sites for hydroxylation is 2. The summed E-state index contributed by atoms with van der Waals surface area (Å²) in [4.78, 5) is 13.0. The molecule has 178 valence electrons. The van der Waals surface area contributed by atoms with Crippen molar-refractivity contribution in [1.82, 2.24) is 5.43 Å². The highest BCUT2D eigenvalue weighted by Gasteiger charge is 2.29. The molecule has 2 aromatic rings. The molecule has 0 unspecified atom stereocenters. The van der Waals surface area contributed by atoms with Crippen molar-refractivity contribution in [3.8, 4) is 0 Å². The summed E-state index contributed by atoms with van der Waals surface area (Å²) in [6, 6.07) is 13.7. The molecule has 6 nitrogen and oxygen atoms in total. The van der Waals surface area contributed by atoms with Gasteiger partial charge in [-0.15, -0.1) is 0 Å². The second-order valence-corrected chi connectivity index (χ2v) is 11.9. The van der Waals surface area contributed by atoms with Crippen LogP contribution in [0.5, 0.6) is 0 Å². The molecule has 1 N–H and O–H groups in total. The van der Waals surface area contributed by atoms with Crippen LogP contribution >= 0.6 is 0 Å². The topological polar surface area (TPSA) is 78.8 Å². The molecule has 1 aliphatic carbocycles. The van der Waals surface area contributed by atoms with Crippen molar-refractivity contribution in [2.24, 2.45) is 16.4 Å². The van der Waals surface area contributed by atoms with E-state index in [1.807, 2.05) is 19.9 Å². The van der Waals surface area contributed by atoms with Gasteiger partial charge in [0.1, 0.15) is 6.54 Å². The van der Waals surface area contributed by atoms with Gasteiger partial charge < -0.3 is 0 Å². The van der Waals surface area contributed by atoms with Crippen molar-refractivity contribution >= 4 is 27.3 Å². The van der Waals surface area contributed by atoms with Crippen molar-refractivity contribution in [3.05, 3.63) is 59.7 Å². The van der Waals surface area contributed by atoms with Gasteiger partial charge in [-0.3, -0.25) is 9.10 Å². The van der Waals surface area contributed by atoms with E-state index in [2.05, 4.69) is 31.3 Å². The highest BCUT2D eigenvalue weighted by Crippen LogP contribution is 2.36. The molecule has 3 rings (SSSR count). The minimum Gasteiger partial charge on any atom is -0.271 e. The zero-order valence-corrected chi connectivity index (χ0v) is 21.1. The first-order valence-electron chi connectivity index (χ1n) is 11.5. The lowest BCUT2D eigenvalue weighted by Crippen LogP contribution is -2.40. The number of hydrogen-bond acceptors (Lipinski definition) is 4. The average Bonchev–Trinajstić information content (AvgIpc) is 2.75. The molecule has 1 aliphatic rings. The Hall–Kier alpha value is -2.67. The predicted octanol–water partition coefficient (Wildman–Crippen LogP) is 5.21. The van der Waals surface area contributed by atoms with E-state index < -0.39 is 15.9 Å². The number of carbonyl (C=O) groups is 1. The van der Waals surface area contributed by atoms with Crippen LogP contribution in [0.4, 0.5) is 5.69 Å². The quantitative estimate of drug-likeness (QED) is 0.590. The maximum Gasteiger partial charge on any atom is 0.264 e. The van der Waals surface area contributed by atoms with Gasteiger partial charge in [0, 0.05) is 5.71 Å². The number of hydrazone groups is 1. The monoisotopic (exact) mass is 469 g/mol. The normalized spacial score (nSPS) is 16.9. The number of anilines is 1. The number of amides is 1. The van der Waals surface area contributed by atoms with E-state index in [-0.39, 0.29) is 16.9 Å². The minimum atomic E-state index is -3.93. The predicted molar refractivity (Wildman–Crippen MR) is 134 cm³/mol. The third kappa shape index (κ3) is 6.44. The lowest BCUT2D eigenvalue weighted by atomic mass is 9.72. The Morgan fingerprint density at radius 1 is 1.03 bits per heavy atom. The van der Waals surface area contributed by atoms with E-state index in [0.29, 0.717) is 11.6 Å². The second kappa shape index (κ2) is 10.1. The van der Waals surface area contributed by atoms with Crippen molar-refractivity contribution in [2.75, 3.05) is 10.8 Å². The lowest BCUT2D eigenvalue weighted by molar-refractivity contribution is -0.119. The number of benzene rings is 2. The molecule has 33 heavy (non-hydrogen) atoms. The van der Waals surface area contributed by atoms with Crippen LogP contribution in [0.1, 0.15) is 57.6 Å². The van der Waals surface area contributed by atoms with Crippen molar-refractivity contribution in [3.63, 3.8) is 0 Å². The van der Waals surface area contributed by atoms with Gasteiger partial charge in [-0.1, -0.05) is 45.0 Å². The third-order valence-electron chi connectivity index (χ3n) is 6.24. The van der Waals surface area contributed by atoms with Crippen LogP contribution in [0.15, 0.2) is 58.5 Å². The Bertz CT molecular complexity index is 1090. The standard InChI is InChI=1S/C26H35N3O3S/c1-19-15-20(2)17-23(16-19)29(33(31,32)24-9-7-6-8-10-24)18-25(30)28-27-22-13-11-21(12-14-22)26(3,4)5/h6-10,15-17,21H,11-14,18H2,1-5H3,(H,28,30). The molecule has 0 radical (unpaired) electrons. The molecule has 0 spiro atoms. The summed E-state index contributed by atoms with van der Waals surface area (Å²) in [7, 11) is -3.93. The Morgan fingerprint density at radius 3 is 2.15 bits per heavy atom. The smallest absolute Gasteiger partial charge is 0.264 e. The molecule has 0 aliphatic heterocycles. The first kappa shape index (κ1) is 25.0. The summed E-state index contributed by atoms with van der Waals surface area (Å²) in [6.07, 6.45) is 3.81. The average molecular weight is 470 g/mol. The summed E-state index contributed by atoms with van der Waals surface area (Å²) < 4.78 is 28.0. The molecule has 1 fully saturated rings. The summed E-state index contributed by atoms with van der Waals surface area (Å²) in [5.74, 6) is 0.183. The maximum atomic E-state index is 13.4. The lowest BCUT2D eigenvalue weighted by Gasteiger charge is -2.34. The van der Waals surface area contributed by atoms with E-state index in [4.69, 9.17) is 0 Å². The molecule has 0 aromatic heterocycles. The molecule has 7 heteroatoms. The summed E-state index contributed by atoms with van der Waals surface area (Å²) in [6.45, 7) is 10.2. The molecular formula is C26H35N3O3S. The summed E-state index contributed by atoms with van der Waals surface area (Å²) in [5, 5.41) is 4.33. The van der Waals surface area contributed by atoms with Crippen LogP contribution in [-0.2, 0) is 14.8 Å². The fraction of sp³-hybridized carbons (Fsp3) is 0.462. The van der Waals surface area contributed by atoms with Crippen LogP contribution in [0, 0.1) is 25.2 Å². The van der Waals surface area contributed by atoms with Gasteiger partial charge in [-0.25, -0.2) is 13.8 Å². The van der Waals surface area contributed by atoms with E-state index >= 15 is 0 Å². The number of sulfonamides is 1. The highest BCUT2D eigenvalue weighted by molar-refractivity contribution is 7.92. The molecule has 0 atom stereocenters. The van der Waals surface area contributed by atoms with Crippen LogP contribution in [0.3, 0.4) is 0 Å². The molecular weight excluding hydrogens is 434 g/mol. The molecule has 0 bridgehead atoms. The van der Waals surface area contributed by atoms with Crippen LogP contribution < -0.4 is 9.73 Å². The summed E-state index contributed by atoms with van der Waals surface area (Å²) in [5.41, 5.74) is 6.15. The van der Waals surface area contributed by atoms with Gasteiger partial charge in [-0.05, 0) is 86.3 Å². The van der Waals surface area contributed by atoms with Crippen molar-refractivity contribution < 1.29 is 13.2 Å². The number of carbonyl (C=O) groups excluding carboxylic acids is 1. The highest BCUT2D eigenvalue weighted by atomic mass is 32.2. The molecule has 0 heterocycles. The van der Waals surface area contributed by atoms with Gasteiger partial charge in [0.05, 0.1) is 10.6 Å². The Labute approximate surface area is 198 Å². The van der Waals surface area contributed by atoms with E-state index in [1.54, 1.807) is 30.3 Å². The molecule has 0 saturated heterocycles. The van der Waals surface area contributed by atoms with Crippen LogP contribution in [0.25, 0.3) is 0 Å². The number of nitrogens with one attached hydrogen (secondary N) is 1. The second-order valence-electron chi connectivity index (χ2n) is 10.0. The van der Waals surface area contributed by atoms with Gasteiger partial charge >= 0.3 is 0 Å². The number of hydrogen-bond donors (Lipinski definition) is 1. The molecule has 2 aromatic carbocycles. The van der Waals surface area contributed by atoms with Crippen LogP contribution in [-0.4, -0.2) is 26.6 Å². The Kier molecular flexibility index (Phi) is 7.62. The minimum absolute atomic E-state index is 0.142. The third-order valence-corrected chi connectivity index (χ3v) is 8.03. The Balaban J connectivity index is 1.79. The van der Waals surface area contributed by atoms with Gasteiger partial charge in [-0.2, -0.15) is 5.10 Å². The SMILES string of the molecule is Cc1cc(C)cc(N(CC(=O)NN=C2CCC(C(C)(C)C)CC2)S(=O)(=O)c2ccccc2)c1. The number of nitrogens with zero attached hydrogens (tertiary/aromatic N) is 2.